The number of hydrogen-bond donors (Lipinski definition) is 1. The maximum atomic E-state index is 14.6. The Kier molecular flexibility index (Phi) is 8.27. The Morgan fingerprint density at radius 2 is 1.91 bits per heavy atom. The summed E-state index contributed by atoms with van der Waals surface area (Å²) in [6.07, 6.45) is 3.11. The molecule has 2 aromatic heterocycles. The van der Waals surface area contributed by atoms with E-state index in [0.29, 0.717) is 80.7 Å². The van der Waals surface area contributed by atoms with Crippen LogP contribution in [0.2, 0.25) is 0 Å². The third-order valence-corrected chi connectivity index (χ3v) is 8.90. The molecule has 12 heteroatoms. The number of amides is 2. The lowest BCUT2D eigenvalue weighted by Crippen LogP contribution is -2.46. The van der Waals surface area contributed by atoms with Gasteiger partial charge in [-0.05, 0) is 43.0 Å². The minimum Gasteiger partial charge on any atom is -0.444 e. The predicted molar refractivity (Wildman–Crippen MR) is 175 cm³/mol. The quantitative estimate of drug-likeness (QED) is 0.354. The lowest BCUT2D eigenvalue weighted by molar-refractivity contribution is -0.134. The van der Waals surface area contributed by atoms with Gasteiger partial charge in [0.15, 0.2) is 0 Å². The Labute approximate surface area is 266 Å². The summed E-state index contributed by atoms with van der Waals surface area (Å²) in [4.78, 5) is 55.9. The second-order valence-corrected chi connectivity index (χ2v) is 11.9. The van der Waals surface area contributed by atoms with Gasteiger partial charge in [0.2, 0.25) is 11.9 Å². The van der Waals surface area contributed by atoms with Gasteiger partial charge in [-0.25, -0.2) is 9.78 Å². The van der Waals surface area contributed by atoms with Crippen LogP contribution < -0.4 is 20.7 Å². The molecule has 1 saturated heterocycles. The van der Waals surface area contributed by atoms with Crippen LogP contribution in [0.3, 0.4) is 0 Å². The summed E-state index contributed by atoms with van der Waals surface area (Å²) in [7, 11) is 0. The molecule has 2 amide bonds. The maximum Gasteiger partial charge on any atom is 0.414 e. The van der Waals surface area contributed by atoms with Gasteiger partial charge in [0.1, 0.15) is 17.9 Å². The molecule has 12 nitrogen and oxygen atoms in total. The van der Waals surface area contributed by atoms with Gasteiger partial charge in [0.05, 0.1) is 37.1 Å². The predicted octanol–water partition coefficient (Wildman–Crippen LogP) is 4.39. The number of fused-ring (bicyclic) bond motifs is 5. The standard InChI is InChI=1S/C34H37N7O5/c1-23-7-5-11-27-30(23)40(34(44)46-22-24-8-3-2-4-9-24)16-15-39(27)28-19-25-20-36-33-35-13-18-45-17-12-29(42)38-14-6-10-26(21-38)41(32(28)43)31(25)37-33/h2-5,7-9,11,19-20,26H,6,10,12-18,21-22H2,1H3,(H,35,36,37). The van der Waals surface area contributed by atoms with Crippen molar-refractivity contribution in [3.05, 3.63) is 82.3 Å². The van der Waals surface area contributed by atoms with E-state index < -0.39 is 6.09 Å². The van der Waals surface area contributed by atoms with Crippen molar-refractivity contribution in [2.24, 2.45) is 0 Å². The van der Waals surface area contributed by atoms with Crippen LogP contribution >= 0.6 is 0 Å². The highest BCUT2D eigenvalue weighted by molar-refractivity contribution is 5.97. The van der Waals surface area contributed by atoms with Crippen LogP contribution in [-0.2, 0) is 20.9 Å². The SMILES string of the molecule is Cc1cccc2c1N(C(=O)OCc1ccccc1)CCN2c1cc2cnc3nc2n(c1=O)C1CCCN(C1)C(=O)CCOCCN3. The third kappa shape index (κ3) is 5.76. The lowest BCUT2D eigenvalue weighted by atomic mass is 10.0. The van der Waals surface area contributed by atoms with E-state index >= 15 is 0 Å². The molecule has 3 aliphatic heterocycles. The first-order valence-corrected chi connectivity index (χ1v) is 15.8. The summed E-state index contributed by atoms with van der Waals surface area (Å²) >= 11 is 0. The minimum atomic E-state index is -0.436. The number of benzene rings is 2. The fraction of sp³-hybridized carbons (Fsp3) is 0.382. The van der Waals surface area contributed by atoms with Gasteiger partial charge in [-0.2, -0.15) is 4.98 Å². The maximum absolute atomic E-state index is 14.6. The molecule has 1 unspecified atom stereocenters. The van der Waals surface area contributed by atoms with E-state index in [4.69, 9.17) is 14.5 Å². The highest BCUT2D eigenvalue weighted by Gasteiger charge is 2.33. The Morgan fingerprint density at radius 1 is 1.04 bits per heavy atom. The number of nitrogens with one attached hydrogen (secondary N) is 1. The molecule has 0 saturated carbocycles. The molecule has 5 heterocycles. The van der Waals surface area contributed by atoms with E-state index in [-0.39, 0.29) is 24.1 Å². The molecule has 2 aromatic carbocycles. The number of carbonyl (C=O) groups excluding carboxylic acids is 2. The molecule has 4 aromatic rings. The highest BCUT2D eigenvalue weighted by atomic mass is 16.6. The number of aryl methyl sites for hydroxylation is 1. The van der Waals surface area contributed by atoms with Crippen LogP contribution in [0.5, 0.6) is 0 Å². The molecule has 1 atom stereocenters. The van der Waals surface area contributed by atoms with Crippen LogP contribution in [-0.4, -0.2) is 77.4 Å². The van der Waals surface area contributed by atoms with Gasteiger partial charge in [-0.1, -0.05) is 42.5 Å². The van der Waals surface area contributed by atoms with Gasteiger partial charge in [0.25, 0.3) is 5.56 Å². The smallest absolute Gasteiger partial charge is 0.414 e. The summed E-state index contributed by atoms with van der Waals surface area (Å²) < 4.78 is 13.1. The van der Waals surface area contributed by atoms with Crippen LogP contribution in [0.25, 0.3) is 11.0 Å². The molecule has 1 N–H and O–H groups in total. The first-order chi connectivity index (χ1) is 22.5. The van der Waals surface area contributed by atoms with Gasteiger partial charge in [-0.15, -0.1) is 0 Å². The molecule has 0 radical (unpaired) electrons. The molecule has 7 rings (SSSR count). The number of ether oxygens (including phenoxy) is 2. The second-order valence-electron chi connectivity index (χ2n) is 11.9. The summed E-state index contributed by atoms with van der Waals surface area (Å²) in [6.45, 7) is 5.13. The number of pyridine rings is 1. The number of hydrogen-bond acceptors (Lipinski definition) is 9. The van der Waals surface area contributed by atoms with Crippen LogP contribution in [0, 0.1) is 6.92 Å². The zero-order chi connectivity index (χ0) is 31.6. The summed E-state index contributed by atoms with van der Waals surface area (Å²) in [5, 5.41) is 3.90. The Hall–Kier alpha value is -4.97. The number of rotatable bonds is 3. The van der Waals surface area contributed by atoms with Crippen molar-refractivity contribution in [2.45, 2.75) is 38.8 Å². The van der Waals surface area contributed by atoms with Gasteiger partial charge in [-0.3, -0.25) is 19.1 Å². The molecule has 0 spiro atoms. The molecule has 0 aliphatic carbocycles. The van der Waals surface area contributed by atoms with E-state index in [1.165, 1.54) is 0 Å². The third-order valence-electron chi connectivity index (χ3n) is 8.90. The van der Waals surface area contributed by atoms with Crippen molar-refractivity contribution in [3.63, 3.8) is 0 Å². The second kappa shape index (κ2) is 12.8. The van der Waals surface area contributed by atoms with Crippen molar-refractivity contribution in [2.75, 3.05) is 61.1 Å². The number of carbonyl (C=O) groups is 2. The van der Waals surface area contributed by atoms with Gasteiger partial charge >= 0.3 is 6.09 Å². The van der Waals surface area contributed by atoms with Crippen molar-refractivity contribution in [1.82, 2.24) is 19.4 Å². The van der Waals surface area contributed by atoms with Crippen LogP contribution in [0.1, 0.15) is 36.4 Å². The van der Waals surface area contributed by atoms with Crippen molar-refractivity contribution >= 4 is 46.0 Å². The zero-order valence-electron chi connectivity index (χ0n) is 25.9. The Bertz CT molecular complexity index is 1830. The normalized spacial score (nSPS) is 18.6. The van der Waals surface area contributed by atoms with E-state index in [1.54, 1.807) is 15.7 Å². The van der Waals surface area contributed by atoms with Gasteiger partial charge < -0.3 is 24.6 Å². The Morgan fingerprint density at radius 3 is 2.78 bits per heavy atom. The number of para-hydroxylation sites is 1. The summed E-state index contributed by atoms with van der Waals surface area (Å²) in [5.41, 5.74) is 4.05. The molecule has 3 aliphatic rings. The molecule has 1 fully saturated rings. The van der Waals surface area contributed by atoms with E-state index in [2.05, 4.69) is 10.3 Å². The summed E-state index contributed by atoms with van der Waals surface area (Å²) in [5.74, 6) is 0.444. The average Bonchev–Trinajstić information content (AvgIpc) is 3.08. The van der Waals surface area contributed by atoms with Crippen molar-refractivity contribution < 1.29 is 19.1 Å². The van der Waals surface area contributed by atoms with E-state index in [9.17, 15) is 14.4 Å². The van der Waals surface area contributed by atoms with Crippen molar-refractivity contribution in [3.8, 4) is 0 Å². The first-order valence-electron chi connectivity index (χ1n) is 15.8. The van der Waals surface area contributed by atoms with Crippen LogP contribution in [0.4, 0.5) is 27.8 Å². The van der Waals surface area contributed by atoms with Gasteiger partial charge in [0, 0.05) is 44.3 Å². The lowest BCUT2D eigenvalue weighted by Gasteiger charge is -2.39. The molecule has 238 valence electrons. The molecule has 4 bridgehead atoms. The van der Waals surface area contributed by atoms with Crippen molar-refractivity contribution in [1.29, 1.82) is 0 Å². The molecular weight excluding hydrogens is 586 g/mol. The number of aromatic nitrogens is 3. The Balaban J connectivity index is 1.29. The monoisotopic (exact) mass is 623 g/mol. The highest BCUT2D eigenvalue weighted by Crippen LogP contribution is 2.40. The van der Waals surface area contributed by atoms with E-state index in [0.717, 1.165) is 29.7 Å². The largest absolute Gasteiger partial charge is 0.444 e. The van der Waals surface area contributed by atoms with E-state index in [1.807, 2.05) is 71.3 Å². The minimum absolute atomic E-state index is 0.0261. The fourth-order valence-corrected chi connectivity index (χ4v) is 6.64. The first kappa shape index (κ1) is 29.7. The number of anilines is 4. The number of piperidine rings is 1. The molecular formula is C34H37N7O5. The van der Waals surface area contributed by atoms with Crippen LogP contribution in [0.15, 0.2) is 65.6 Å². The topological polar surface area (TPSA) is 122 Å². The molecule has 46 heavy (non-hydrogen) atoms. The summed E-state index contributed by atoms with van der Waals surface area (Å²) in [6, 6.07) is 17.0. The average molecular weight is 624 g/mol. The number of nitrogens with zero attached hydrogens (tertiary/aromatic N) is 6. The fourth-order valence-electron chi connectivity index (χ4n) is 6.64. The zero-order valence-corrected chi connectivity index (χ0v) is 25.9.